The minimum absolute atomic E-state index is 0.489. The van der Waals surface area contributed by atoms with E-state index in [0.717, 1.165) is 22.6 Å². The third kappa shape index (κ3) is 1.84. The Hall–Kier alpha value is -1.32. The van der Waals surface area contributed by atoms with E-state index in [1.165, 1.54) is 0 Å². The third-order valence-corrected chi connectivity index (χ3v) is 3.01. The van der Waals surface area contributed by atoms with Crippen molar-refractivity contribution in [3.8, 4) is 5.69 Å². The zero-order valence-corrected chi connectivity index (χ0v) is 10.1. The highest BCUT2D eigenvalue weighted by Crippen LogP contribution is 2.22. The second kappa shape index (κ2) is 4.28. The van der Waals surface area contributed by atoms with Gasteiger partial charge in [-0.2, -0.15) is 0 Å². The number of hydrogen-bond donors (Lipinski definition) is 1. The van der Waals surface area contributed by atoms with E-state index in [9.17, 15) is 0 Å². The number of rotatable bonds is 2. The molecule has 1 aromatic heterocycles. The number of hydrogen-bond acceptors (Lipinski definition) is 2. The molecule has 0 amide bonds. The predicted octanol–water partition coefficient (Wildman–Crippen LogP) is 2.60. The quantitative estimate of drug-likeness (QED) is 0.870. The van der Waals surface area contributed by atoms with Crippen LogP contribution >= 0.6 is 11.6 Å². The average molecular weight is 236 g/mol. The van der Waals surface area contributed by atoms with Crippen molar-refractivity contribution < 1.29 is 0 Å². The molecule has 2 N–H and O–H groups in total. The maximum atomic E-state index is 6.01. The van der Waals surface area contributed by atoms with Crippen molar-refractivity contribution in [2.45, 2.75) is 20.4 Å². The molecule has 16 heavy (non-hydrogen) atoms. The molecule has 4 heteroatoms. The Bertz CT molecular complexity index is 517. The lowest BCUT2D eigenvalue weighted by Gasteiger charge is -2.11. The Morgan fingerprint density at radius 3 is 2.69 bits per heavy atom. The fourth-order valence-electron chi connectivity index (χ4n) is 1.68. The first-order chi connectivity index (χ1) is 7.63. The van der Waals surface area contributed by atoms with Gasteiger partial charge < -0.3 is 10.3 Å². The number of nitrogens with two attached hydrogens (primary N) is 1. The summed E-state index contributed by atoms with van der Waals surface area (Å²) in [5.41, 5.74) is 9.91. The lowest BCUT2D eigenvalue weighted by atomic mass is 10.1. The summed E-state index contributed by atoms with van der Waals surface area (Å²) in [6.07, 6.45) is 1.80. The summed E-state index contributed by atoms with van der Waals surface area (Å²) in [7, 11) is 0. The van der Waals surface area contributed by atoms with Crippen molar-refractivity contribution in [1.29, 1.82) is 0 Å². The van der Waals surface area contributed by atoms with Crippen LogP contribution in [0.4, 0.5) is 0 Å². The zero-order valence-electron chi connectivity index (χ0n) is 9.37. The molecule has 3 nitrogen and oxygen atoms in total. The highest BCUT2D eigenvalue weighted by molar-refractivity contribution is 6.30. The van der Waals surface area contributed by atoms with Crippen LogP contribution in [0.25, 0.3) is 5.69 Å². The maximum Gasteiger partial charge on any atom is 0.0997 e. The van der Waals surface area contributed by atoms with Crippen molar-refractivity contribution in [2.75, 3.05) is 0 Å². The van der Waals surface area contributed by atoms with Crippen LogP contribution < -0.4 is 5.73 Å². The highest BCUT2D eigenvalue weighted by atomic mass is 35.5. The van der Waals surface area contributed by atoms with Gasteiger partial charge in [-0.25, -0.2) is 4.98 Å². The van der Waals surface area contributed by atoms with Gasteiger partial charge in [0.25, 0.3) is 0 Å². The molecule has 84 valence electrons. The molecule has 0 fully saturated rings. The number of nitrogens with zero attached hydrogens (tertiary/aromatic N) is 2. The van der Waals surface area contributed by atoms with Crippen LogP contribution in [-0.4, -0.2) is 9.55 Å². The molecule has 0 unspecified atom stereocenters. The molecule has 0 spiro atoms. The normalized spacial score (nSPS) is 10.8. The molecular weight excluding hydrogens is 222 g/mol. The lowest BCUT2D eigenvalue weighted by molar-refractivity contribution is 0.952. The molecule has 2 rings (SSSR count). The van der Waals surface area contributed by atoms with E-state index in [-0.39, 0.29) is 0 Å². The molecule has 0 aliphatic heterocycles. The van der Waals surface area contributed by atoms with Gasteiger partial charge in [0.1, 0.15) is 0 Å². The summed E-state index contributed by atoms with van der Waals surface area (Å²) in [6, 6.07) is 5.72. The molecular formula is C12H14ClN3. The van der Waals surface area contributed by atoms with Crippen LogP contribution in [0.5, 0.6) is 0 Å². The van der Waals surface area contributed by atoms with Gasteiger partial charge in [-0.05, 0) is 31.5 Å². The van der Waals surface area contributed by atoms with E-state index in [2.05, 4.69) is 4.98 Å². The van der Waals surface area contributed by atoms with E-state index >= 15 is 0 Å². The second-order valence-corrected chi connectivity index (χ2v) is 4.20. The van der Waals surface area contributed by atoms with Crippen LogP contribution in [-0.2, 0) is 6.54 Å². The van der Waals surface area contributed by atoms with E-state index in [4.69, 9.17) is 17.3 Å². The van der Waals surface area contributed by atoms with Crippen LogP contribution in [0.3, 0.4) is 0 Å². The summed E-state index contributed by atoms with van der Waals surface area (Å²) in [5.74, 6) is 0. The first-order valence-corrected chi connectivity index (χ1v) is 5.50. The summed E-state index contributed by atoms with van der Waals surface area (Å²) >= 11 is 6.01. The number of halogens is 1. The number of benzene rings is 1. The van der Waals surface area contributed by atoms with Gasteiger partial charge in [-0.1, -0.05) is 17.7 Å². The van der Waals surface area contributed by atoms with Crippen molar-refractivity contribution in [2.24, 2.45) is 5.73 Å². The Morgan fingerprint density at radius 1 is 1.38 bits per heavy atom. The maximum absolute atomic E-state index is 6.01. The fourth-order valence-corrected chi connectivity index (χ4v) is 1.84. The summed E-state index contributed by atoms with van der Waals surface area (Å²) in [6.45, 7) is 4.51. The topological polar surface area (TPSA) is 43.8 Å². The van der Waals surface area contributed by atoms with Gasteiger partial charge in [0.05, 0.1) is 17.7 Å². The number of imidazole rings is 1. The smallest absolute Gasteiger partial charge is 0.0997 e. The first kappa shape index (κ1) is 11.2. The van der Waals surface area contributed by atoms with Gasteiger partial charge in [-0.15, -0.1) is 0 Å². The highest BCUT2D eigenvalue weighted by Gasteiger charge is 2.08. The summed E-state index contributed by atoms with van der Waals surface area (Å²) in [4.78, 5) is 4.28. The molecule has 2 aromatic rings. The zero-order chi connectivity index (χ0) is 11.7. The SMILES string of the molecule is Cc1ncn(-c2cc(Cl)ccc2CN)c1C. The Morgan fingerprint density at radius 2 is 2.12 bits per heavy atom. The molecule has 0 aliphatic carbocycles. The van der Waals surface area contributed by atoms with Gasteiger partial charge in [0, 0.05) is 17.3 Å². The molecule has 0 aliphatic rings. The average Bonchev–Trinajstić information content (AvgIpc) is 2.60. The number of aromatic nitrogens is 2. The van der Waals surface area contributed by atoms with E-state index < -0.39 is 0 Å². The van der Waals surface area contributed by atoms with Crippen molar-refractivity contribution >= 4 is 11.6 Å². The second-order valence-electron chi connectivity index (χ2n) is 3.76. The minimum atomic E-state index is 0.489. The van der Waals surface area contributed by atoms with Crippen molar-refractivity contribution in [3.05, 3.63) is 46.5 Å². The molecule has 0 saturated carbocycles. The van der Waals surface area contributed by atoms with Crippen LogP contribution in [0.1, 0.15) is 17.0 Å². The molecule has 0 atom stereocenters. The molecule has 0 saturated heterocycles. The summed E-state index contributed by atoms with van der Waals surface area (Å²) < 4.78 is 2.02. The molecule has 0 bridgehead atoms. The Balaban J connectivity index is 2.62. The third-order valence-electron chi connectivity index (χ3n) is 2.78. The predicted molar refractivity (Wildman–Crippen MR) is 65.9 cm³/mol. The summed E-state index contributed by atoms with van der Waals surface area (Å²) in [5, 5.41) is 0.706. The van der Waals surface area contributed by atoms with Gasteiger partial charge >= 0.3 is 0 Å². The molecule has 1 aromatic carbocycles. The van der Waals surface area contributed by atoms with Crippen LogP contribution in [0.15, 0.2) is 24.5 Å². The van der Waals surface area contributed by atoms with Gasteiger partial charge in [0.2, 0.25) is 0 Å². The molecule has 1 heterocycles. The largest absolute Gasteiger partial charge is 0.326 e. The van der Waals surface area contributed by atoms with Crippen LogP contribution in [0, 0.1) is 13.8 Å². The minimum Gasteiger partial charge on any atom is -0.326 e. The van der Waals surface area contributed by atoms with Crippen molar-refractivity contribution in [3.63, 3.8) is 0 Å². The van der Waals surface area contributed by atoms with E-state index in [1.54, 1.807) is 6.33 Å². The number of aryl methyl sites for hydroxylation is 1. The Kier molecular flexibility index (Phi) is 2.99. The van der Waals surface area contributed by atoms with Gasteiger partial charge in [0.15, 0.2) is 0 Å². The standard InChI is InChI=1S/C12H14ClN3/c1-8-9(2)16(7-15-8)12-5-11(13)4-3-10(12)6-14/h3-5,7H,6,14H2,1-2H3. The van der Waals surface area contributed by atoms with E-state index in [0.29, 0.717) is 11.6 Å². The fraction of sp³-hybridized carbons (Fsp3) is 0.250. The van der Waals surface area contributed by atoms with Crippen LogP contribution in [0.2, 0.25) is 5.02 Å². The monoisotopic (exact) mass is 235 g/mol. The first-order valence-electron chi connectivity index (χ1n) is 5.13. The van der Waals surface area contributed by atoms with Crippen molar-refractivity contribution in [1.82, 2.24) is 9.55 Å². The van der Waals surface area contributed by atoms with E-state index in [1.807, 2.05) is 36.6 Å². The molecule has 0 radical (unpaired) electrons. The lowest BCUT2D eigenvalue weighted by Crippen LogP contribution is -2.05. The Labute approximate surface area is 99.9 Å². The van der Waals surface area contributed by atoms with Gasteiger partial charge in [-0.3, -0.25) is 0 Å².